The second-order valence-corrected chi connectivity index (χ2v) is 6.84. The molecular weight excluding hydrogens is 356 g/mol. The van der Waals surface area contributed by atoms with Crippen LogP contribution in [-0.4, -0.2) is 38.5 Å². The van der Waals surface area contributed by atoms with Gasteiger partial charge in [-0.1, -0.05) is 35.0 Å². The summed E-state index contributed by atoms with van der Waals surface area (Å²) < 4.78 is 1.11. The Morgan fingerprint density at radius 1 is 1.30 bits per heavy atom. The van der Waals surface area contributed by atoms with Gasteiger partial charge >= 0.3 is 0 Å². The normalized spacial score (nSPS) is 15.9. The Kier molecular flexibility index (Phi) is 6.45. The second kappa shape index (κ2) is 8.34. The fraction of sp³-hybridized carbons (Fsp3) is 0.529. The summed E-state index contributed by atoms with van der Waals surface area (Å²) in [6.07, 6.45) is 3.28. The lowest BCUT2D eigenvalue weighted by atomic mass is 9.96. The first-order valence-electron chi connectivity index (χ1n) is 8.07. The summed E-state index contributed by atoms with van der Waals surface area (Å²) >= 11 is 3.54. The number of amides is 1. The van der Waals surface area contributed by atoms with Gasteiger partial charge in [-0.3, -0.25) is 9.79 Å². The second-order valence-electron chi connectivity index (χ2n) is 5.92. The molecule has 0 aliphatic heterocycles. The molecule has 0 aromatic heterocycles. The van der Waals surface area contributed by atoms with E-state index in [4.69, 9.17) is 0 Å². The van der Waals surface area contributed by atoms with Crippen LogP contribution in [0.1, 0.15) is 31.7 Å². The predicted molar refractivity (Wildman–Crippen MR) is 97.7 cm³/mol. The summed E-state index contributed by atoms with van der Waals surface area (Å²) in [6.45, 7) is 3.80. The van der Waals surface area contributed by atoms with Crippen molar-refractivity contribution in [2.75, 3.05) is 26.7 Å². The van der Waals surface area contributed by atoms with Crippen molar-refractivity contribution in [3.05, 3.63) is 34.3 Å². The molecule has 0 unspecified atom stereocenters. The molecule has 1 fully saturated rings. The molecule has 0 saturated heterocycles. The fourth-order valence-electron chi connectivity index (χ4n) is 2.50. The summed E-state index contributed by atoms with van der Waals surface area (Å²) in [4.78, 5) is 15.8. The SMILES string of the molecule is CCCNC(=O)CNC(=NC)NCC1(c2cccc(Br)c2)CC1. The summed E-state index contributed by atoms with van der Waals surface area (Å²) in [5, 5.41) is 9.24. The Balaban J connectivity index is 1.83. The lowest BCUT2D eigenvalue weighted by Crippen LogP contribution is -2.45. The average molecular weight is 381 g/mol. The first-order valence-corrected chi connectivity index (χ1v) is 8.86. The highest BCUT2D eigenvalue weighted by Gasteiger charge is 2.44. The van der Waals surface area contributed by atoms with Crippen molar-refractivity contribution in [2.45, 2.75) is 31.6 Å². The van der Waals surface area contributed by atoms with Crippen LogP contribution in [0.25, 0.3) is 0 Å². The number of hydrogen-bond acceptors (Lipinski definition) is 2. The number of nitrogens with zero attached hydrogens (tertiary/aromatic N) is 1. The zero-order valence-electron chi connectivity index (χ0n) is 13.8. The van der Waals surface area contributed by atoms with Crippen LogP contribution in [0.5, 0.6) is 0 Å². The van der Waals surface area contributed by atoms with E-state index in [9.17, 15) is 4.79 Å². The zero-order chi connectivity index (χ0) is 16.7. The zero-order valence-corrected chi connectivity index (χ0v) is 15.4. The highest BCUT2D eigenvalue weighted by molar-refractivity contribution is 9.10. The summed E-state index contributed by atoms with van der Waals surface area (Å²) in [7, 11) is 1.72. The van der Waals surface area contributed by atoms with Gasteiger partial charge in [0.2, 0.25) is 5.91 Å². The van der Waals surface area contributed by atoms with E-state index in [-0.39, 0.29) is 17.9 Å². The van der Waals surface area contributed by atoms with Gasteiger partial charge in [0.25, 0.3) is 0 Å². The van der Waals surface area contributed by atoms with Crippen LogP contribution >= 0.6 is 15.9 Å². The van der Waals surface area contributed by atoms with Gasteiger partial charge in [-0.15, -0.1) is 0 Å². The van der Waals surface area contributed by atoms with Gasteiger partial charge in [-0.25, -0.2) is 0 Å². The lowest BCUT2D eigenvalue weighted by Gasteiger charge is -2.19. The van der Waals surface area contributed by atoms with Gasteiger partial charge in [-0.05, 0) is 37.0 Å². The fourth-order valence-corrected chi connectivity index (χ4v) is 2.90. The summed E-state index contributed by atoms with van der Waals surface area (Å²) in [5.41, 5.74) is 1.53. The van der Waals surface area contributed by atoms with E-state index in [2.05, 4.69) is 55.1 Å². The third kappa shape index (κ3) is 5.23. The molecule has 0 atom stereocenters. The molecule has 0 radical (unpaired) electrons. The van der Waals surface area contributed by atoms with Crippen molar-refractivity contribution in [2.24, 2.45) is 4.99 Å². The van der Waals surface area contributed by atoms with Gasteiger partial charge in [0, 0.05) is 30.0 Å². The number of hydrogen-bond donors (Lipinski definition) is 3. The standard InChI is InChI=1S/C17H25BrN4O/c1-3-9-20-15(23)11-21-16(19-2)22-12-17(7-8-17)13-5-4-6-14(18)10-13/h4-6,10H,3,7-9,11-12H2,1-2H3,(H,20,23)(H2,19,21,22). The van der Waals surface area contributed by atoms with Crippen LogP contribution in [0.2, 0.25) is 0 Å². The van der Waals surface area contributed by atoms with Crippen LogP contribution < -0.4 is 16.0 Å². The van der Waals surface area contributed by atoms with Crippen molar-refractivity contribution >= 4 is 27.8 Å². The van der Waals surface area contributed by atoms with Crippen molar-refractivity contribution in [3.63, 3.8) is 0 Å². The van der Waals surface area contributed by atoms with E-state index in [1.165, 1.54) is 18.4 Å². The van der Waals surface area contributed by atoms with Gasteiger partial charge in [0.1, 0.15) is 0 Å². The molecule has 1 aliphatic rings. The van der Waals surface area contributed by atoms with Crippen molar-refractivity contribution in [1.82, 2.24) is 16.0 Å². The van der Waals surface area contributed by atoms with Crippen molar-refractivity contribution in [1.29, 1.82) is 0 Å². The minimum absolute atomic E-state index is 0.0112. The molecule has 1 aromatic rings. The van der Waals surface area contributed by atoms with E-state index in [1.54, 1.807) is 7.05 Å². The smallest absolute Gasteiger partial charge is 0.239 e. The van der Waals surface area contributed by atoms with Crippen LogP contribution in [0.15, 0.2) is 33.7 Å². The number of aliphatic imine (C=N–C) groups is 1. The third-order valence-corrected chi connectivity index (χ3v) is 4.59. The topological polar surface area (TPSA) is 65.5 Å². The quantitative estimate of drug-likeness (QED) is 0.501. The lowest BCUT2D eigenvalue weighted by molar-refractivity contribution is -0.120. The minimum atomic E-state index is -0.0112. The van der Waals surface area contributed by atoms with E-state index in [0.717, 1.165) is 17.4 Å². The molecule has 6 heteroatoms. The van der Waals surface area contributed by atoms with Gasteiger partial charge in [-0.2, -0.15) is 0 Å². The molecular formula is C17H25BrN4O. The Morgan fingerprint density at radius 3 is 2.70 bits per heavy atom. The highest BCUT2D eigenvalue weighted by Crippen LogP contribution is 2.48. The van der Waals surface area contributed by atoms with E-state index in [1.807, 2.05) is 13.0 Å². The van der Waals surface area contributed by atoms with Gasteiger partial charge < -0.3 is 16.0 Å². The van der Waals surface area contributed by atoms with E-state index < -0.39 is 0 Å². The molecule has 1 amide bonds. The Labute approximate surface area is 146 Å². The van der Waals surface area contributed by atoms with Gasteiger partial charge in [0.05, 0.1) is 6.54 Å². The Bertz CT molecular complexity index is 569. The number of nitrogens with one attached hydrogen (secondary N) is 3. The first kappa shape index (κ1) is 17.8. The van der Waals surface area contributed by atoms with Crippen LogP contribution in [0.3, 0.4) is 0 Å². The number of carbonyl (C=O) groups is 1. The van der Waals surface area contributed by atoms with Crippen molar-refractivity contribution < 1.29 is 4.79 Å². The molecule has 2 rings (SSSR count). The molecule has 0 bridgehead atoms. The van der Waals surface area contributed by atoms with E-state index in [0.29, 0.717) is 12.5 Å². The summed E-state index contributed by atoms with van der Waals surface area (Å²) in [5.74, 6) is 0.654. The number of rotatable bonds is 7. The third-order valence-electron chi connectivity index (χ3n) is 4.10. The first-order chi connectivity index (χ1) is 11.1. The van der Waals surface area contributed by atoms with Crippen molar-refractivity contribution in [3.8, 4) is 0 Å². The van der Waals surface area contributed by atoms with E-state index >= 15 is 0 Å². The Morgan fingerprint density at radius 2 is 2.09 bits per heavy atom. The van der Waals surface area contributed by atoms with Crippen LogP contribution in [0.4, 0.5) is 0 Å². The number of benzene rings is 1. The molecule has 126 valence electrons. The largest absolute Gasteiger partial charge is 0.356 e. The molecule has 1 aromatic carbocycles. The number of halogens is 1. The maximum absolute atomic E-state index is 11.6. The molecule has 1 aliphatic carbocycles. The maximum atomic E-state index is 11.6. The average Bonchev–Trinajstić information content (AvgIpc) is 3.34. The number of guanidine groups is 1. The molecule has 5 nitrogen and oxygen atoms in total. The molecule has 0 heterocycles. The summed E-state index contributed by atoms with van der Waals surface area (Å²) in [6, 6.07) is 8.48. The van der Waals surface area contributed by atoms with Crippen LogP contribution in [0, 0.1) is 0 Å². The molecule has 3 N–H and O–H groups in total. The predicted octanol–water partition coefficient (Wildman–Crippen LogP) is 2.17. The highest BCUT2D eigenvalue weighted by atomic mass is 79.9. The monoisotopic (exact) mass is 380 g/mol. The maximum Gasteiger partial charge on any atom is 0.239 e. The number of carbonyl (C=O) groups excluding carboxylic acids is 1. The molecule has 0 spiro atoms. The molecule has 23 heavy (non-hydrogen) atoms. The van der Waals surface area contributed by atoms with Gasteiger partial charge in [0.15, 0.2) is 5.96 Å². The van der Waals surface area contributed by atoms with Crippen LogP contribution in [-0.2, 0) is 10.2 Å². The molecule has 1 saturated carbocycles. The Hall–Kier alpha value is -1.56. The minimum Gasteiger partial charge on any atom is -0.356 e.